The molecule has 2 atom stereocenters. The summed E-state index contributed by atoms with van der Waals surface area (Å²) in [6, 6.07) is 4.78. The topological polar surface area (TPSA) is 62.2 Å². The summed E-state index contributed by atoms with van der Waals surface area (Å²) >= 11 is 0. The number of ether oxygens (including phenoxy) is 2. The van der Waals surface area contributed by atoms with Gasteiger partial charge in [0.05, 0.1) is 25.4 Å². The van der Waals surface area contributed by atoms with Crippen LogP contribution in [-0.4, -0.2) is 59.7 Å². The van der Waals surface area contributed by atoms with E-state index in [4.69, 9.17) is 9.47 Å². The Balaban J connectivity index is 1.59. The molecule has 3 rings (SSSR count). The van der Waals surface area contributed by atoms with Gasteiger partial charge in [-0.2, -0.15) is 0 Å². The van der Waals surface area contributed by atoms with E-state index in [0.717, 1.165) is 25.9 Å². The van der Waals surface area contributed by atoms with Crippen LogP contribution in [0.2, 0.25) is 0 Å². The zero-order valence-corrected chi connectivity index (χ0v) is 13.4. The second kappa shape index (κ2) is 6.73. The van der Waals surface area contributed by atoms with Gasteiger partial charge in [-0.25, -0.2) is 4.39 Å². The van der Waals surface area contributed by atoms with Crippen molar-refractivity contribution in [2.75, 3.05) is 26.8 Å². The Hall–Kier alpha value is -1.21. The summed E-state index contributed by atoms with van der Waals surface area (Å²) in [5.41, 5.74) is 0.280. The Morgan fingerprint density at radius 3 is 2.70 bits per heavy atom. The Kier molecular flexibility index (Phi) is 4.87. The zero-order valence-electron chi connectivity index (χ0n) is 13.4. The second-order valence-corrected chi connectivity index (χ2v) is 6.57. The highest BCUT2D eigenvalue weighted by atomic mass is 19.1. The largest absolute Gasteiger partial charge is 0.497 e. The highest BCUT2D eigenvalue weighted by Crippen LogP contribution is 2.35. The van der Waals surface area contributed by atoms with E-state index in [1.807, 2.05) is 0 Å². The molecule has 2 heterocycles. The number of benzene rings is 1. The number of aliphatic hydroxyl groups is 2. The first-order valence-corrected chi connectivity index (χ1v) is 8.06. The van der Waals surface area contributed by atoms with Gasteiger partial charge in [-0.3, -0.25) is 4.90 Å². The molecule has 6 heteroatoms. The molecule has 2 fully saturated rings. The molecule has 2 aliphatic heterocycles. The predicted octanol–water partition coefficient (Wildman–Crippen LogP) is 1.31. The molecule has 2 N–H and O–H groups in total. The lowest BCUT2D eigenvalue weighted by Gasteiger charge is -2.46. The SMILES string of the molecule is COc1ccc(F)c(CN2CCC3(CC2)C[C@@H](O)[C@@H](O)CO3)c1. The summed E-state index contributed by atoms with van der Waals surface area (Å²) < 4.78 is 24.9. The highest BCUT2D eigenvalue weighted by Gasteiger charge is 2.42. The van der Waals surface area contributed by atoms with Gasteiger partial charge in [-0.1, -0.05) is 0 Å². The fraction of sp³-hybridized carbons (Fsp3) is 0.647. The van der Waals surface area contributed by atoms with Crippen LogP contribution in [0.5, 0.6) is 5.75 Å². The second-order valence-electron chi connectivity index (χ2n) is 6.57. The predicted molar refractivity (Wildman–Crippen MR) is 82.8 cm³/mol. The number of nitrogens with zero attached hydrogens (tertiary/aromatic N) is 1. The van der Waals surface area contributed by atoms with E-state index in [1.54, 1.807) is 19.2 Å². The lowest BCUT2D eigenvalue weighted by Crippen LogP contribution is -2.54. The van der Waals surface area contributed by atoms with Gasteiger partial charge < -0.3 is 19.7 Å². The minimum absolute atomic E-state index is 0.186. The number of aliphatic hydroxyl groups excluding tert-OH is 2. The minimum Gasteiger partial charge on any atom is -0.497 e. The molecule has 0 bridgehead atoms. The molecule has 5 nitrogen and oxygen atoms in total. The smallest absolute Gasteiger partial charge is 0.127 e. The number of rotatable bonds is 3. The molecule has 23 heavy (non-hydrogen) atoms. The summed E-state index contributed by atoms with van der Waals surface area (Å²) in [7, 11) is 1.57. The molecule has 1 aromatic carbocycles. The Morgan fingerprint density at radius 2 is 2.04 bits per heavy atom. The van der Waals surface area contributed by atoms with Gasteiger partial charge in [0.1, 0.15) is 17.7 Å². The third-order valence-electron chi connectivity index (χ3n) is 5.00. The van der Waals surface area contributed by atoms with Crippen molar-refractivity contribution in [1.29, 1.82) is 0 Å². The van der Waals surface area contributed by atoms with Crippen LogP contribution < -0.4 is 4.74 Å². The summed E-state index contributed by atoms with van der Waals surface area (Å²) in [6.07, 6.45) is 0.524. The van der Waals surface area contributed by atoms with Crippen LogP contribution in [0.25, 0.3) is 0 Å². The van der Waals surface area contributed by atoms with Gasteiger partial charge in [0.15, 0.2) is 0 Å². The van der Waals surface area contributed by atoms with E-state index >= 15 is 0 Å². The number of piperidine rings is 1. The van der Waals surface area contributed by atoms with Gasteiger partial charge in [-0.05, 0) is 31.0 Å². The van der Waals surface area contributed by atoms with E-state index < -0.39 is 12.2 Å². The first kappa shape index (κ1) is 16.6. The Labute approximate surface area is 135 Å². The Morgan fingerprint density at radius 1 is 1.30 bits per heavy atom. The molecule has 1 spiro atoms. The standard InChI is InChI=1S/C17H24FNO4/c1-22-13-2-3-14(18)12(8-13)10-19-6-4-17(5-7-19)9-15(20)16(21)11-23-17/h2-3,8,15-16,20-21H,4-7,9-11H2,1H3/t15-,16+/m1/s1. The number of hydrogen-bond donors (Lipinski definition) is 2. The van der Waals surface area contributed by atoms with E-state index in [9.17, 15) is 14.6 Å². The van der Waals surface area contributed by atoms with Crippen LogP contribution in [0.1, 0.15) is 24.8 Å². The number of methoxy groups -OCH3 is 1. The molecule has 1 aromatic rings. The zero-order chi connectivity index (χ0) is 16.4. The first-order valence-electron chi connectivity index (χ1n) is 8.06. The van der Waals surface area contributed by atoms with E-state index in [-0.39, 0.29) is 18.0 Å². The first-order chi connectivity index (χ1) is 11.0. The van der Waals surface area contributed by atoms with E-state index in [1.165, 1.54) is 6.07 Å². The lowest BCUT2D eigenvalue weighted by atomic mass is 9.82. The third-order valence-corrected chi connectivity index (χ3v) is 5.00. The molecule has 0 saturated carbocycles. The summed E-state index contributed by atoms with van der Waals surface area (Å²) in [6.45, 7) is 2.27. The maximum Gasteiger partial charge on any atom is 0.127 e. The van der Waals surface area contributed by atoms with Gasteiger partial charge in [0.2, 0.25) is 0 Å². The summed E-state index contributed by atoms with van der Waals surface area (Å²) in [4.78, 5) is 2.18. The van der Waals surface area contributed by atoms with Crippen LogP contribution in [0, 0.1) is 5.82 Å². The van der Waals surface area contributed by atoms with E-state index in [2.05, 4.69) is 4.90 Å². The van der Waals surface area contributed by atoms with E-state index in [0.29, 0.717) is 24.3 Å². The van der Waals surface area contributed by atoms with Crippen molar-refractivity contribution in [3.8, 4) is 5.75 Å². The number of hydrogen-bond acceptors (Lipinski definition) is 5. The average molecular weight is 325 g/mol. The number of halogens is 1. The molecule has 2 aliphatic rings. The van der Waals surface area contributed by atoms with Crippen LogP contribution in [0.4, 0.5) is 4.39 Å². The lowest BCUT2D eigenvalue weighted by molar-refractivity contribution is -0.188. The number of likely N-dealkylation sites (tertiary alicyclic amines) is 1. The molecule has 0 unspecified atom stereocenters. The van der Waals surface area contributed by atoms with Crippen LogP contribution in [0.15, 0.2) is 18.2 Å². The summed E-state index contributed by atoms with van der Waals surface area (Å²) in [5, 5.41) is 19.5. The average Bonchev–Trinajstić information content (AvgIpc) is 2.56. The van der Waals surface area contributed by atoms with Crippen molar-refractivity contribution < 1.29 is 24.1 Å². The van der Waals surface area contributed by atoms with Gasteiger partial charge >= 0.3 is 0 Å². The molecule has 0 aliphatic carbocycles. The van der Waals surface area contributed by atoms with Crippen molar-refractivity contribution >= 4 is 0 Å². The molecule has 0 amide bonds. The molecule has 128 valence electrons. The third kappa shape index (κ3) is 3.66. The van der Waals surface area contributed by atoms with Crippen LogP contribution in [-0.2, 0) is 11.3 Å². The molecule has 0 radical (unpaired) electrons. The van der Waals surface area contributed by atoms with Crippen molar-refractivity contribution in [1.82, 2.24) is 4.90 Å². The van der Waals surface area contributed by atoms with Crippen molar-refractivity contribution in [2.24, 2.45) is 0 Å². The van der Waals surface area contributed by atoms with Gasteiger partial charge in [-0.15, -0.1) is 0 Å². The molecule has 2 saturated heterocycles. The fourth-order valence-electron chi connectivity index (χ4n) is 3.46. The fourth-order valence-corrected chi connectivity index (χ4v) is 3.46. The van der Waals surface area contributed by atoms with Crippen LogP contribution >= 0.6 is 0 Å². The normalized spacial score (nSPS) is 28.0. The molecular weight excluding hydrogens is 301 g/mol. The van der Waals surface area contributed by atoms with Crippen molar-refractivity contribution in [2.45, 2.75) is 43.6 Å². The van der Waals surface area contributed by atoms with Gasteiger partial charge in [0.25, 0.3) is 0 Å². The summed E-state index contributed by atoms with van der Waals surface area (Å²) in [5.74, 6) is 0.432. The van der Waals surface area contributed by atoms with Gasteiger partial charge in [0, 0.05) is 31.6 Å². The van der Waals surface area contributed by atoms with Crippen molar-refractivity contribution in [3.63, 3.8) is 0 Å². The Bertz CT molecular complexity index is 545. The van der Waals surface area contributed by atoms with Crippen molar-refractivity contribution in [3.05, 3.63) is 29.6 Å². The molecule has 0 aromatic heterocycles. The molecular formula is C17H24FNO4. The highest BCUT2D eigenvalue weighted by molar-refractivity contribution is 5.29. The maximum absolute atomic E-state index is 13.9. The maximum atomic E-state index is 13.9. The quantitative estimate of drug-likeness (QED) is 0.877. The van der Waals surface area contributed by atoms with Crippen LogP contribution in [0.3, 0.4) is 0 Å². The minimum atomic E-state index is -0.787. The monoisotopic (exact) mass is 325 g/mol.